The summed E-state index contributed by atoms with van der Waals surface area (Å²) in [5.41, 5.74) is 0. The molecule has 0 aliphatic carbocycles. The standard InChI is InChI=1S/C15H21NO7S/c17-4-6-21-13-3-5-20-10-12(13)16-24(18,19)11-1-2-14-15(9-11)23-8-7-22-14/h1-2,9,12-13,16-17H,3-8,10H2/t12-,13+/m1/s1. The van der Waals surface area contributed by atoms with Crippen molar-refractivity contribution in [3.63, 3.8) is 0 Å². The van der Waals surface area contributed by atoms with Crippen molar-refractivity contribution in [2.24, 2.45) is 0 Å². The maximum absolute atomic E-state index is 12.6. The molecule has 134 valence electrons. The number of fused-ring (bicyclic) bond motifs is 1. The number of sulfonamides is 1. The molecule has 2 aliphatic rings. The molecule has 8 nitrogen and oxygen atoms in total. The average molecular weight is 359 g/mol. The van der Waals surface area contributed by atoms with Gasteiger partial charge in [0.2, 0.25) is 10.0 Å². The molecule has 9 heteroatoms. The van der Waals surface area contributed by atoms with Gasteiger partial charge in [-0.15, -0.1) is 0 Å². The molecule has 1 aromatic rings. The first-order chi connectivity index (χ1) is 11.6. The fourth-order valence-corrected chi connectivity index (χ4v) is 3.95. The molecule has 1 aromatic carbocycles. The Bertz CT molecular complexity index is 664. The summed E-state index contributed by atoms with van der Waals surface area (Å²) in [6.07, 6.45) is 0.229. The van der Waals surface area contributed by atoms with Crippen molar-refractivity contribution in [3.05, 3.63) is 18.2 Å². The van der Waals surface area contributed by atoms with Crippen LogP contribution in [0.2, 0.25) is 0 Å². The molecule has 2 heterocycles. The lowest BCUT2D eigenvalue weighted by Gasteiger charge is -2.31. The zero-order valence-corrected chi connectivity index (χ0v) is 14.0. The molecule has 0 aromatic heterocycles. The molecule has 0 unspecified atom stereocenters. The summed E-state index contributed by atoms with van der Waals surface area (Å²) in [5, 5.41) is 8.89. The van der Waals surface area contributed by atoms with E-state index in [1.807, 2.05) is 0 Å². The third-order valence-corrected chi connectivity index (χ3v) is 5.33. The Morgan fingerprint density at radius 2 is 2.00 bits per heavy atom. The van der Waals surface area contributed by atoms with E-state index in [4.69, 9.17) is 24.1 Å². The van der Waals surface area contributed by atoms with Crippen LogP contribution in [0, 0.1) is 0 Å². The molecule has 1 saturated heterocycles. The minimum Gasteiger partial charge on any atom is -0.486 e. The van der Waals surface area contributed by atoms with Crippen molar-refractivity contribution in [2.45, 2.75) is 23.5 Å². The van der Waals surface area contributed by atoms with Crippen molar-refractivity contribution in [1.82, 2.24) is 4.72 Å². The molecule has 3 rings (SSSR count). The number of aliphatic hydroxyl groups is 1. The highest BCUT2D eigenvalue weighted by molar-refractivity contribution is 7.89. The highest BCUT2D eigenvalue weighted by atomic mass is 32.2. The Hall–Kier alpha value is -1.39. The van der Waals surface area contributed by atoms with Crippen LogP contribution >= 0.6 is 0 Å². The summed E-state index contributed by atoms with van der Waals surface area (Å²) in [6, 6.07) is 4.00. The van der Waals surface area contributed by atoms with Gasteiger partial charge in [-0.1, -0.05) is 0 Å². The van der Waals surface area contributed by atoms with E-state index >= 15 is 0 Å². The lowest BCUT2D eigenvalue weighted by atomic mass is 10.1. The van der Waals surface area contributed by atoms with Crippen LogP contribution < -0.4 is 14.2 Å². The summed E-state index contributed by atoms with van der Waals surface area (Å²) >= 11 is 0. The van der Waals surface area contributed by atoms with Crippen LogP contribution in [0.4, 0.5) is 0 Å². The molecule has 0 radical (unpaired) electrons. The molecular weight excluding hydrogens is 338 g/mol. The molecule has 0 saturated carbocycles. The number of hydrogen-bond donors (Lipinski definition) is 2. The Balaban J connectivity index is 1.74. The van der Waals surface area contributed by atoms with E-state index in [0.29, 0.717) is 37.7 Å². The Labute approximate surface area is 140 Å². The van der Waals surface area contributed by atoms with E-state index in [1.54, 1.807) is 6.07 Å². The molecule has 0 amide bonds. The highest BCUT2D eigenvalue weighted by Gasteiger charge is 2.31. The maximum atomic E-state index is 12.6. The summed E-state index contributed by atoms with van der Waals surface area (Å²) < 4.78 is 49.6. The average Bonchev–Trinajstić information content (AvgIpc) is 2.60. The number of aliphatic hydroxyl groups excluding tert-OH is 1. The smallest absolute Gasteiger partial charge is 0.241 e. The van der Waals surface area contributed by atoms with Crippen LogP contribution in [0.1, 0.15) is 6.42 Å². The number of rotatable bonds is 6. The van der Waals surface area contributed by atoms with Gasteiger partial charge < -0.3 is 24.1 Å². The Kier molecular flexibility index (Phi) is 5.57. The van der Waals surface area contributed by atoms with Crippen molar-refractivity contribution in [1.29, 1.82) is 0 Å². The van der Waals surface area contributed by atoms with Gasteiger partial charge in [-0.05, 0) is 18.6 Å². The van der Waals surface area contributed by atoms with Gasteiger partial charge in [0.1, 0.15) is 13.2 Å². The second-order valence-corrected chi connectivity index (χ2v) is 7.24. The third kappa shape index (κ3) is 3.98. The van der Waals surface area contributed by atoms with Gasteiger partial charge in [0.25, 0.3) is 0 Å². The predicted octanol–water partition coefficient (Wildman–Crippen LogP) is -0.0975. The fraction of sp³-hybridized carbons (Fsp3) is 0.600. The number of benzene rings is 1. The maximum Gasteiger partial charge on any atom is 0.241 e. The molecular formula is C15H21NO7S. The van der Waals surface area contributed by atoms with E-state index in [9.17, 15) is 8.42 Å². The minimum absolute atomic E-state index is 0.0956. The van der Waals surface area contributed by atoms with Crippen LogP contribution in [-0.4, -0.2) is 65.3 Å². The monoisotopic (exact) mass is 359 g/mol. The van der Waals surface area contributed by atoms with Crippen LogP contribution in [0.3, 0.4) is 0 Å². The minimum atomic E-state index is -3.76. The normalized spacial score (nSPS) is 23.9. The molecule has 2 N–H and O–H groups in total. The fourth-order valence-electron chi connectivity index (χ4n) is 2.69. The van der Waals surface area contributed by atoms with Gasteiger partial charge in [0.05, 0.1) is 36.9 Å². The quantitative estimate of drug-likeness (QED) is 0.731. The van der Waals surface area contributed by atoms with E-state index < -0.39 is 16.1 Å². The zero-order valence-electron chi connectivity index (χ0n) is 13.1. The number of ether oxygens (including phenoxy) is 4. The second-order valence-electron chi connectivity index (χ2n) is 5.53. The van der Waals surface area contributed by atoms with Crippen LogP contribution in [0.15, 0.2) is 23.1 Å². The van der Waals surface area contributed by atoms with Crippen LogP contribution in [0.5, 0.6) is 11.5 Å². The van der Waals surface area contributed by atoms with Crippen molar-refractivity contribution in [2.75, 3.05) is 39.6 Å². The van der Waals surface area contributed by atoms with Gasteiger partial charge in [-0.2, -0.15) is 0 Å². The largest absolute Gasteiger partial charge is 0.486 e. The lowest BCUT2D eigenvalue weighted by molar-refractivity contribution is -0.0580. The summed E-state index contributed by atoms with van der Waals surface area (Å²) in [6.45, 7) is 1.60. The van der Waals surface area contributed by atoms with Gasteiger partial charge in [-0.25, -0.2) is 13.1 Å². The molecule has 0 bridgehead atoms. The van der Waals surface area contributed by atoms with Gasteiger partial charge in [-0.3, -0.25) is 0 Å². The summed E-state index contributed by atoms with van der Waals surface area (Å²) in [5.74, 6) is 0.947. The van der Waals surface area contributed by atoms with Crippen molar-refractivity contribution in [3.8, 4) is 11.5 Å². The van der Waals surface area contributed by atoms with Gasteiger partial charge in [0.15, 0.2) is 11.5 Å². The van der Waals surface area contributed by atoms with Crippen LogP contribution in [-0.2, 0) is 19.5 Å². The van der Waals surface area contributed by atoms with Gasteiger partial charge in [0, 0.05) is 12.7 Å². The van der Waals surface area contributed by atoms with E-state index in [0.717, 1.165) is 0 Å². The second kappa shape index (κ2) is 7.66. The van der Waals surface area contributed by atoms with E-state index in [-0.39, 0.29) is 30.8 Å². The van der Waals surface area contributed by atoms with Crippen molar-refractivity contribution >= 4 is 10.0 Å². The van der Waals surface area contributed by atoms with E-state index in [1.165, 1.54) is 12.1 Å². The molecule has 1 fully saturated rings. The zero-order chi connectivity index (χ0) is 17.0. The Morgan fingerprint density at radius 3 is 2.79 bits per heavy atom. The molecule has 0 spiro atoms. The Morgan fingerprint density at radius 1 is 1.21 bits per heavy atom. The molecule has 2 atom stereocenters. The lowest BCUT2D eigenvalue weighted by Crippen LogP contribution is -2.50. The summed E-state index contributed by atoms with van der Waals surface area (Å²) in [4.78, 5) is 0.0956. The number of nitrogens with one attached hydrogen (secondary N) is 1. The van der Waals surface area contributed by atoms with Crippen LogP contribution in [0.25, 0.3) is 0 Å². The topological polar surface area (TPSA) is 103 Å². The van der Waals surface area contributed by atoms with Crippen molar-refractivity contribution < 1.29 is 32.5 Å². The molecule has 2 aliphatic heterocycles. The first-order valence-electron chi connectivity index (χ1n) is 7.82. The van der Waals surface area contributed by atoms with Gasteiger partial charge >= 0.3 is 0 Å². The van der Waals surface area contributed by atoms with E-state index in [2.05, 4.69) is 4.72 Å². The first-order valence-corrected chi connectivity index (χ1v) is 9.30. The highest BCUT2D eigenvalue weighted by Crippen LogP contribution is 2.32. The SMILES string of the molecule is O=S(=O)(N[C@@H]1COCC[C@@H]1OCCO)c1ccc2c(c1)OCCO2. The number of hydrogen-bond acceptors (Lipinski definition) is 7. The molecule has 24 heavy (non-hydrogen) atoms. The summed E-state index contributed by atoms with van der Waals surface area (Å²) in [7, 11) is -3.76. The third-order valence-electron chi connectivity index (χ3n) is 3.85. The predicted molar refractivity (Wildman–Crippen MR) is 83.8 cm³/mol. The first kappa shape index (κ1) is 17.4.